The highest BCUT2D eigenvalue weighted by Gasteiger charge is 2.40. The first-order valence-corrected chi connectivity index (χ1v) is 11.0. The number of hydrogen-bond acceptors (Lipinski definition) is 3. The quantitative estimate of drug-likeness (QED) is 0.275. The lowest BCUT2D eigenvalue weighted by Crippen LogP contribution is -2.38. The largest absolute Gasteiger partial charge is 0.314 e. The van der Waals surface area contributed by atoms with E-state index in [2.05, 4.69) is 87.8 Å². The summed E-state index contributed by atoms with van der Waals surface area (Å²) in [6.07, 6.45) is 1.82. The Morgan fingerprint density at radius 3 is 1.78 bits per heavy atom. The summed E-state index contributed by atoms with van der Waals surface area (Å²) >= 11 is 6.40. The van der Waals surface area contributed by atoms with E-state index >= 15 is 0 Å². The van der Waals surface area contributed by atoms with Gasteiger partial charge < -0.3 is 5.32 Å². The molecular formula is C27H23ClN4. The molecule has 0 unspecified atom stereocenters. The first-order valence-electron chi connectivity index (χ1n) is 10.6. The van der Waals surface area contributed by atoms with E-state index in [-0.39, 0.29) is 0 Å². The van der Waals surface area contributed by atoms with Gasteiger partial charge in [0, 0.05) is 24.2 Å². The fourth-order valence-electron chi connectivity index (χ4n) is 4.50. The number of halogens is 1. The molecule has 0 spiro atoms. The molecule has 0 aliphatic carbocycles. The van der Waals surface area contributed by atoms with E-state index in [0.717, 1.165) is 33.3 Å². The Morgan fingerprint density at radius 2 is 1.31 bits per heavy atom. The summed E-state index contributed by atoms with van der Waals surface area (Å²) in [6.45, 7) is 0.626. The lowest BCUT2D eigenvalue weighted by Gasteiger charge is -2.37. The van der Waals surface area contributed by atoms with Crippen LogP contribution in [0.5, 0.6) is 0 Å². The molecule has 2 heterocycles. The van der Waals surface area contributed by atoms with E-state index in [0.29, 0.717) is 11.7 Å². The molecule has 0 amide bonds. The third kappa shape index (κ3) is 3.29. The molecule has 32 heavy (non-hydrogen) atoms. The van der Waals surface area contributed by atoms with Crippen LogP contribution in [-0.4, -0.2) is 21.8 Å². The Bertz CT molecular complexity index is 1240. The van der Waals surface area contributed by atoms with Gasteiger partial charge in [-0.3, -0.25) is 0 Å². The van der Waals surface area contributed by atoms with Gasteiger partial charge in [-0.2, -0.15) is 5.10 Å². The predicted octanol–water partition coefficient (Wildman–Crippen LogP) is 5.64. The average molecular weight is 439 g/mol. The van der Waals surface area contributed by atoms with Gasteiger partial charge >= 0.3 is 0 Å². The molecule has 4 nitrogen and oxygen atoms in total. The minimum atomic E-state index is -0.696. The number of hydrogen-bond donors (Lipinski definition) is 1. The molecule has 5 rings (SSSR count). The van der Waals surface area contributed by atoms with Crippen LogP contribution in [0.3, 0.4) is 0 Å². The molecule has 3 aromatic carbocycles. The van der Waals surface area contributed by atoms with Crippen molar-refractivity contribution in [2.75, 3.05) is 7.05 Å². The first kappa shape index (κ1) is 20.4. The molecular weight excluding hydrogens is 416 g/mol. The Morgan fingerprint density at radius 1 is 0.812 bits per heavy atom. The summed E-state index contributed by atoms with van der Waals surface area (Å²) < 4.78 is 2.11. The lowest BCUT2D eigenvalue weighted by molar-refractivity contribution is 0.470. The summed E-state index contributed by atoms with van der Waals surface area (Å²) in [7, 11) is 1.92. The van der Waals surface area contributed by atoms with E-state index in [4.69, 9.17) is 16.7 Å². The smallest absolute Gasteiger partial charge is 0.138 e. The van der Waals surface area contributed by atoms with Crippen LogP contribution in [-0.2, 0) is 12.1 Å². The summed E-state index contributed by atoms with van der Waals surface area (Å²) in [5.41, 5.74) is 4.52. The molecule has 0 aliphatic heterocycles. The predicted molar refractivity (Wildman–Crippen MR) is 130 cm³/mol. The fourth-order valence-corrected chi connectivity index (χ4v) is 4.66. The molecule has 0 saturated carbocycles. The van der Waals surface area contributed by atoms with Crippen LogP contribution < -0.4 is 5.32 Å². The highest BCUT2D eigenvalue weighted by atomic mass is 35.5. The van der Waals surface area contributed by atoms with Crippen LogP contribution in [0.2, 0.25) is 5.15 Å². The number of rotatable bonds is 6. The summed E-state index contributed by atoms with van der Waals surface area (Å²) in [4.78, 5) is 4.35. The van der Waals surface area contributed by atoms with Crippen LogP contribution >= 0.6 is 11.6 Å². The monoisotopic (exact) mass is 438 g/mol. The van der Waals surface area contributed by atoms with Gasteiger partial charge in [-0.15, -0.1) is 0 Å². The first-order chi connectivity index (χ1) is 15.7. The van der Waals surface area contributed by atoms with Crippen molar-refractivity contribution in [2.24, 2.45) is 0 Å². The molecule has 0 saturated heterocycles. The molecule has 5 heteroatoms. The Hall–Kier alpha value is -3.47. The van der Waals surface area contributed by atoms with Gasteiger partial charge in [0.2, 0.25) is 0 Å². The molecule has 0 atom stereocenters. The molecule has 1 N–H and O–H groups in total. The Kier molecular flexibility index (Phi) is 5.48. The zero-order valence-electron chi connectivity index (χ0n) is 17.7. The number of nitrogens with one attached hydrogen (secondary N) is 1. The maximum atomic E-state index is 6.40. The molecule has 158 valence electrons. The standard InChI is InChI=1S/C27H23ClN4/c1-29-19-24-23-18-30-26(28)17-25(23)32(31-24)27(20-11-5-2-6-12-20,21-13-7-3-8-14-21)22-15-9-4-10-16-22/h2-18,29H,19H2,1H3. The van der Waals surface area contributed by atoms with Crippen molar-refractivity contribution in [2.45, 2.75) is 12.1 Å². The van der Waals surface area contributed by atoms with Crippen molar-refractivity contribution in [1.29, 1.82) is 0 Å². The second kappa shape index (κ2) is 8.58. The minimum absolute atomic E-state index is 0.442. The molecule has 5 aromatic rings. The van der Waals surface area contributed by atoms with E-state index in [1.54, 1.807) is 0 Å². The number of benzene rings is 3. The third-order valence-electron chi connectivity index (χ3n) is 5.85. The highest BCUT2D eigenvalue weighted by molar-refractivity contribution is 6.30. The van der Waals surface area contributed by atoms with E-state index in [1.807, 2.05) is 37.5 Å². The highest BCUT2D eigenvalue weighted by Crippen LogP contribution is 2.42. The van der Waals surface area contributed by atoms with Crippen molar-refractivity contribution >= 4 is 22.5 Å². The number of fused-ring (bicyclic) bond motifs is 1. The average Bonchev–Trinajstić information content (AvgIpc) is 3.20. The maximum Gasteiger partial charge on any atom is 0.138 e. The second-order valence-electron chi connectivity index (χ2n) is 7.72. The van der Waals surface area contributed by atoms with Crippen molar-refractivity contribution in [3.8, 4) is 0 Å². The van der Waals surface area contributed by atoms with Gasteiger partial charge in [0.25, 0.3) is 0 Å². The molecule has 2 aromatic heterocycles. The third-order valence-corrected chi connectivity index (χ3v) is 6.05. The lowest BCUT2D eigenvalue weighted by atomic mass is 9.77. The van der Waals surface area contributed by atoms with Crippen LogP contribution in [0.1, 0.15) is 22.4 Å². The van der Waals surface area contributed by atoms with Crippen molar-refractivity contribution in [3.63, 3.8) is 0 Å². The molecule has 0 bridgehead atoms. The van der Waals surface area contributed by atoms with Crippen LogP contribution in [0.15, 0.2) is 103 Å². The molecule has 0 radical (unpaired) electrons. The summed E-state index contributed by atoms with van der Waals surface area (Å²) in [6, 6.07) is 33.4. The van der Waals surface area contributed by atoms with Crippen molar-refractivity contribution in [1.82, 2.24) is 20.1 Å². The fraction of sp³-hybridized carbons (Fsp3) is 0.111. The van der Waals surface area contributed by atoms with Gasteiger partial charge in [0.15, 0.2) is 0 Å². The van der Waals surface area contributed by atoms with E-state index < -0.39 is 5.54 Å². The zero-order chi connectivity index (χ0) is 22.0. The number of nitrogens with zero attached hydrogens (tertiary/aromatic N) is 3. The van der Waals surface area contributed by atoms with Crippen molar-refractivity contribution in [3.05, 3.63) is 131 Å². The summed E-state index contributed by atoms with van der Waals surface area (Å²) in [5, 5.41) is 9.84. The Labute approximate surface area is 192 Å². The minimum Gasteiger partial charge on any atom is -0.314 e. The van der Waals surface area contributed by atoms with E-state index in [9.17, 15) is 0 Å². The number of pyridine rings is 1. The topological polar surface area (TPSA) is 42.7 Å². The van der Waals surface area contributed by atoms with Crippen LogP contribution in [0, 0.1) is 0 Å². The van der Waals surface area contributed by atoms with E-state index in [1.165, 1.54) is 0 Å². The van der Waals surface area contributed by atoms with Gasteiger partial charge in [0.1, 0.15) is 10.7 Å². The van der Waals surface area contributed by atoms with Gasteiger partial charge in [-0.05, 0) is 23.7 Å². The maximum absolute atomic E-state index is 6.40. The molecule has 0 fully saturated rings. The SMILES string of the molecule is CNCc1nn(C(c2ccccc2)(c2ccccc2)c2ccccc2)c2cc(Cl)ncc12. The van der Waals surface area contributed by atoms with Gasteiger partial charge in [-0.1, -0.05) is 103 Å². The number of aromatic nitrogens is 3. The second-order valence-corrected chi connectivity index (χ2v) is 8.11. The summed E-state index contributed by atoms with van der Waals surface area (Å²) in [5.74, 6) is 0. The Balaban J connectivity index is 1.97. The molecule has 0 aliphatic rings. The van der Waals surface area contributed by atoms with Gasteiger partial charge in [0.05, 0.1) is 11.2 Å². The van der Waals surface area contributed by atoms with Crippen molar-refractivity contribution < 1.29 is 0 Å². The van der Waals surface area contributed by atoms with Crippen LogP contribution in [0.25, 0.3) is 10.9 Å². The van der Waals surface area contributed by atoms with Crippen LogP contribution in [0.4, 0.5) is 0 Å². The normalized spacial score (nSPS) is 11.7. The van der Waals surface area contributed by atoms with Gasteiger partial charge in [-0.25, -0.2) is 9.67 Å². The zero-order valence-corrected chi connectivity index (χ0v) is 18.5.